The van der Waals surface area contributed by atoms with Crippen LogP contribution in [0.2, 0.25) is 0 Å². The van der Waals surface area contributed by atoms with Crippen LogP contribution in [0.25, 0.3) is 0 Å². The fourth-order valence-electron chi connectivity index (χ4n) is 2.89. The predicted octanol–water partition coefficient (Wildman–Crippen LogP) is 1.02. The second-order valence-electron chi connectivity index (χ2n) is 5.59. The number of pyridine rings is 1. The molecule has 1 saturated heterocycles. The SMILES string of the molecule is CC(N)C(c1cccnc1)N(C)CC(=O)N1CCCC1. The minimum Gasteiger partial charge on any atom is -0.342 e. The highest BCUT2D eigenvalue weighted by Gasteiger charge is 2.25. The number of carbonyl (C=O) groups excluding carboxylic acids is 1. The molecular weight excluding hydrogens is 252 g/mol. The van der Waals surface area contributed by atoms with Crippen molar-refractivity contribution in [3.05, 3.63) is 30.1 Å². The third-order valence-electron chi connectivity index (χ3n) is 3.84. The van der Waals surface area contributed by atoms with Crippen molar-refractivity contribution in [3.8, 4) is 0 Å². The summed E-state index contributed by atoms with van der Waals surface area (Å²) in [6, 6.07) is 3.87. The van der Waals surface area contributed by atoms with E-state index in [-0.39, 0.29) is 18.0 Å². The first-order valence-corrected chi connectivity index (χ1v) is 7.23. The highest BCUT2D eigenvalue weighted by molar-refractivity contribution is 5.78. The zero-order valence-corrected chi connectivity index (χ0v) is 12.3. The predicted molar refractivity (Wildman–Crippen MR) is 79.1 cm³/mol. The first-order chi connectivity index (χ1) is 9.59. The standard InChI is InChI=1S/C15H24N4O/c1-12(16)15(13-6-5-7-17-10-13)18(2)11-14(20)19-8-3-4-9-19/h5-7,10,12,15H,3-4,8-9,11,16H2,1-2H3. The molecule has 20 heavy (non-hydrogen) atoms. The van der Waals surface area contributed by atoms with Crippen LogP contribution in [0.4, 0.5) is 0 Å². The van der Waals surface area contributed by atoms with Crippen molar-refractivity contribution in [1.29, 1.82) is 0 Å². The number of nitrogens with two attached hydrogens (primary N) is 1. The zero-order valence-electron chi connectivity index (χ0n) is 12.3. The van der Waals surface area contributed by atoms with Crippen molar-refractivity contribution >= 4 is 5.91 Å². The minimum absolute atomic E-state index is 0.00949. The molecule has 2 rings (SSSR count). The molecule has 5 nitrogen and oxygen atoms in total. The molecule has 2 unspecified atom stereocenters. The van der Waals surface area contributed by atoms with Gasteiger partial charge in [-0.2, -0.15) is 0 Å². The fraction of sp³-hybridized carbons (Fsp3) is 0.600. The molecule has 2 atom stereocenters. The van der Waals surface area contributed by atoms with Crippen molar-refractivity contribution in [1.82, 2.24) is 14.8 Å². The van der Waals surface area contributed by atoms with Crippen LogP contribution in [0.1, 0.15) is 31.4 Å². The maximum Gasteiger partial charge on any atom is 0.236 e. The van der Waals surface area contributed by atoms with E-state index in [0.29, 0.717) is 6.54 Å². The Morgan fingerprint density at radius 2 is 2.20 bits per heavy atom. The molecule has 1 aliphatic heterocycles. The molecule has 5 heteroatoms. The monoisotopic (exact) mass is 276 g/mol. The molecule has 0 bridgehead atoms. The third-order valence-corrected chi connectivity index (χ3v) is 3.84. The normalized spacial score (nSPS) is 18.3. The van der Waals surface area contributed by atoms with Gasteiger partial charge in [0, 0.05) is 31.5 Å². The fourth-order valence-corrected chi connectivity index (χ4v) is 2.89. The molecule has 0 saturated carbocycles. The van der Waals surface area contributed by atoms with Gasteiger partial charge in [0.2, 0.25) is 5.91 Å². The quantitative estimate of drug-likeness (QED) is 0.872. The van der Waals surface area contributed by atoms with Crippen LogP contribution >= 0.6 is 0 Å². The van der Waals surface area contributed by atoms with E-state index in [2.05, 4.69) is 4.98 Å². The Morgan fingerprint density at radius 3 is 2.75 bits per heavy atom. The van der Waals surface area contributed by atoms with Crippen LogP contribution < -0.4 is 5.73 Å². The Balaban J connectivity index is 2.04. The number of rotatable bonds is 5. The van der Waals surface area contributed by atoms with Crippen LogP contribution in [-0.4, -0.2) is 53.4 Å². The van der Waals surface area contributed by atoms with Crippen LogP contribution in [0.3, 0.4) is 0 Å². The number of nitrogens with zero attached hydrogens (tertiary/aromatic N) is 3. The number of hydrogen-bond donors (Lipinski definition) is 1. The highest BCUT2D eigenvalue weighted by Crippen LogP contribution is 2.21. The Bertz CT molecular complexity index is 429. The molecule has 110 valence electrons. The minimum atomic E-state index is -0.0596. The molecule has 2 heterocycles. The summed E-state index contributed by atoms with van der Waals surface area (Å²) in [5.74, 6) is 0.194. The number of amides is 1. The van der Waals surface area contributed by atoms with Crippen molar-refractivity contribution < 1.29 is 4.79 Å². The third kappa shape index (κ3) is 3.55. The average molecular weight is 276 g/mol. The van der Waals surface area contributed by atoms with E-state index in [1.54, 1.807) is 6.20 Å². The van der Waals surface area contributed by atoms with E-state index >= 15 is 0 Å². The highest BCUT2D eigenvalue weighted by atomic mass is 16.2. The number of likely N-dealkylation sites (tertiary alicyclic amines) is 1. The summed E-state index contributed by atoms with van der Waals surface area (Å²) >= 11 is 0. The zero-order chi connectivity index (χ0) is 14.5. The van der Waals surface area contributed by atoms with Gasteiger partial charge in [-0.05, 0) is 38.4 Å². The lowest BCUT2D eigenvalue weighted by Gasteiger charge is -2.31. The average Bonchev–Trinajstić information content (AvgIpc) is 2.93. The first-order valence-electron chi connectivity index (χ1n) is 7.23. The van der Waals surface area contributed by atoms with Crippen LogP contribution in [0, 0.1) is 0 Å². The van der Waals surface area contributed by atoms with Gasteiger partial charge in [0.15, 0.2) is 0 Å². The molecule has 0 radical (unpaired) electrons. The van der Waals surface area contributed by atoms with E-state index in [9.17, 15) is 4.79 Å². The summed E-state index contributed by atoms with van der Waals surface area (Å²) in [5.41, 5.74) is 7.16. The van der Waals surface area contributed by atoms with E-state index < -0.39 is 0 Å². The largest absolute Gasteiger partial charge is 0.342 e. The Hall–Kier alpha value is -1.46. The first kappa shape index (κ1) is 14.9. The molecule has 1 amide bonds. The summed E-state index contributed by atoms with van der Waals surface area (Å²) < 4.78 is 0. The van der Waals surface area contributed by atoms with Gasteiger partial charge < -0.3 is 10.6 Å². The van der Waals surface area contributed by atoms with Crippen LogP contribution in [-0.2, 0) is 4.79 Å². The van der Waals surface area contributed by atoms with E-state index in [1.807, 2.05) is 42.1 Å². The van der Waals surface area contributed by atoms with E-state index in [0.717, 1.165) is 31.5 Å². The second kappa shape index (κ2) is 6.81. The number of carbonyl (C=O) groups is 1. The van der Waals surface area contributed by atoms with Gasteiger partial charge in [-0.1, -0.05) is 6.07 Å². The van der Waals surface area contributed by atoms with Gasteiger partial charge in [0.1, 0.15) is 0 Å². The molecule has 1 aliphatic rings. The molecule has 1 aromatic heterocycles. The van der Waals surface area contributed by atoms with E-state index in [4.69, 9.17) is 5.73 Å². The van der Waals surface area contributed by atoms with Crippen molar-refractivity contribution in [2.75, 3.05) is 26.7 Å². The van der Waals surface area contributed by atoms with Gasteiger partial charge >= 0.3 is 0 Å². The lowest BCUT2D eigenvalue weighted by molar-refractivity contribution is -0.131. The summed E-state index contributed by atoms with van der Waals surface area (Å²) in [4.78, 5) is 20.4. The van der Waals surface area contributed by atoms with Crippen molar-refractivity contribution in [2.45, 2.75) is 31.8 Å². The summed E-state index contributed by atoms with van der Waals surface area (Å²) in [6.45, 7) is 4.15. The Labute approximate surface area is 120 Å². The topological polar surface area (TPSA) is 62.5 Å². The molecular formula is C15H24N4O. The molecule has 0 aliphatic carbocycles. The molecule has 0 spiro atoms. The number of aromatic nitrogens is 1. The molecule has 2 N–H and O–H groups in total. The molecule has 1 fully saturated rings. The smallest absolute Gasteiger partial charge is 0.236 e. The van der Waals surface area contributed by atoms with Crippen LogP contribution in [0.15, 0.2) is 24.5 Å². The maximum absolute atomic E-state index is 12.2. The van der Waals surface area contributed by atoms with E-state index in [1.165, 1.54) is 0 Å². The Kier molecular flexibility index (Phi) is 5.09. The van der Waals surface area contributed by atoms with Gasteiger partial charge in [0.05, 0.1) is 12.6 Å². The summed E-state index contributed by atoms with van der Waals surface area (Å²) in [5, 5.41) is 0. The van der Waals surface area contributed by atoms with Gasteiger partial charge in [0.25, 0.3) is 0 Å². The summed E-state index contributed by atoms with van der Waals surface area (Å²) in [6.07, 6.45) is 5.81. The molecule has 0 aromatic carbocycles. The van der Waals surface area contributed by atoms with Gasteiger partial charge in [-0.15, -0.1) is 0 Å². The van der Waals surface area contributed by atoms with Gasteiger partial charge in [-0.25, -0.2) is 0 Å². The van der Waals surface area contributed by atoms with Gasteiger partial charge in [-0.3, -0.25) is 14.7 Å². The second-order valence-corrected chi connectivity index (χ2v) is 5.59. The Morgan fingerprint density at radius 1 is 1.50 bits per heavy atom. The lowest BCUT2D eigenvalue weighted by atomic mass is 10.0. The maximum atomic E-state index is 12.2. The van der Waals surface area contributed by atoms with Crippen LogP contribution in [0.5, 0.6) is 0 Å². The number of likely N-dealkylation sites (N-methyl/N-ethyl adjacent to an activating group) is 1. The molecule has 1 aromatic rings. The summed E-state index contributed by atoms with van der Waals surface area (Å²) in [7, 11) is 1.95. The number of hydrogen-bond acceptors (Lipinski definition) is 4. The van der Waals surface area contributed by atoms with Crippen molar-refractivity contribution in [3.63, 3.8) is 0 Å². The van der Waals surface area contributed by atoms with Crippen molar-refractivity contribution in [2.24, 2.45) is 5.73 Å². The lowest BCUT2D eigenvalue weighted by Crippen LogP contribution is -2.43.